The first kappa shape index (κ1) is 19.9. The predicted molar refractivity (Wildman–Crippen MR) is 85.9 cm³/mol. The first-order valence-electron chi connectivity index (χ1n) is 8.24. The number of rotatable bonds is 9. The molecule has 0 saturated carbocycles. The van der Waals surface area contributed by atoms with Crippen molar-refractivity contribution in [1.29, 1.82) is 0 Å². The van der Waals surface area contributed by atoms with Crippen LogP contribution in [0.25, 0.3) is 0 Å². The normalized spacial score (nSPS) is 14.4. The largest absolute Gasteiger partial charge is 0.465 e. The molecule has 2 atom stereocenters. The molecule has 0 rings (SSSR count). The van der Waals surface area contributed by atoms with Gasteiger partial charge in [0.15, 0.2) is 0 Å². The molecule has 0 radical (unpaired) electrons. The van der Waals surface area contributed by atoms with E-state index in [1.165, 1.54) is 0 Å². The van der Waals surface area contributed by atoms with E-state index < -0.39 is 17.3 Å². The second-order valence-electron chi connectivity index (χ2n) is 6.69. The molecule has 1 N–H and O–H groups in total. The summed E-state index contributed by atoms with van der Waals surface area (Å²) in [7, 11) is 0. The Labute approximate surface area is 130 Å². The van der Waals surface area contributed by atoms with E-state index >= 15 is 0 Å². The molecule has 0 aromatic heterocycles. The summed E-state index contributed by atoms with van der Waals surface area (Å²) in [5, 5.41) is 3.06. The molecule has 4 heteroatoms. The van der Waals surface area contributed by atoms with Crippen molar-refractivity contribution < 1.29 is 14.3 Å². The van der Waals surface area contributed by atoms with Crippen LogP contribution in [0.3, 0.4) is 0 Å². The lowest BCUT2D eigenvalue weighted by molar-refractivity contribution is -0.156. The van der Waals surface area contributed by atoms with E-state index in [1.54, 1.807) is 6.92 Å². The molecular formula is C17H33NO3. The zero-order valence-corrected chi connectivity index (χ0v) is 14.6. The summed E-state index contributed by atoms with van der Waals surface area (Å²) in [6.07, 6.45) is 5.14. The van der Waals surface area contributed by atoms with Crippen molar-refractivity contribution in [2.75, 3.05) is 6.61 Å². The monoisotopic (exact) mass is 299 g/mol. The average Bonchev–Trinajstić information content (AvgIpc) is 2.34. The third-order valence-electron chi connectivity index (χ3n) is 3.54. The van der Waals surface area contributed by atoms with E-state index in [2.05, 4.69) is 19.2 Å². The molecule has 21 heavy (non-hydrogen) atoms. The molecule has 0 aromatic carbocycles. The molecular weight excluding hydrogens is 266 g/mol. The summed E-state index contributed by atoms with van der Waals surface area (Å²) in [6.45, 7) is 12.0. The summed E-state index contributed by atoms with van der Waals surface area (Å²) in [6, 6.07) is 0.154. The zero-order chi connectivity index (χ0) is 16.5. The van der Waals surface area contributed by atoms with E-state index in [-0.39, 0.29) is 11.9 Å². The number of amides is 1. The highest BCUT2D eigenvalue weighted by Gasteiger charge is 2.39. The number of hydrogen-bond acceptors (Lipinski definition) is 3. The lowest BCUT2D eigenvalue weighted by Gasteiger charge is -2.29. The molecule has 4 nitrogen and oxygen atoms in total. The van der Waals surface area contributed by atoms with Crippen LogP contribution in [-0.2, 0) is 14.3 Å². The van der Waals surface area contributed by atoms with E-state index in [1.807, 2.05) is 20.8 Å². The van der Waals surface area contributed by atoms with Crippen LogP contribution in [0.5, 0.6) is 0 Å². The molecule has 1 amide bonds. The topological polar surface area (TPSA) is 55.4 Å². The van der Waals surface area contributed by atoms with Crippen LogP contribution >= 0.6 is 0 Å². The van der Waals surface area contributed by atoms with Gasteiger partial charge < -0.3 is 10.1 Å². The van der Waals surface area contributed by atoms with Crippen molar-refractivity contribution in [3.8, 4) is 0 Å². The highest BCUT2D eigenvalue weighted by Crippen LogP contribution is 2.27. The molecule has 124 valence electrons. The molecule has 0 fully saturated rings. The van der Waals surface area contributed by atoms with Gasteiger partial charge >= 0.3 is 5.97 Å². The molecule has 0 aliphatic heterocycles. The van der Waals surface area contributed by atoms with Crippen molar-refractivity contribution in [3.63, 3.8) is 0 Å². The summed E-state index contributed by atoms with van der Waals surface area (Å²) in [5.41, 5.74) is -0.447. The molecule has 0 aliphatic rings. The van der Waals surface area contributed by atoms with Gasteiger partial charge in [-0.15, -0.1) is 0 Å². The highest BCUT2D eigenvalue weighted by molar-refractivity contribution is 5.98. The van der Waals surface area contributed by atoms with E-state index in [9.17, 15) is 9.59 Å². The second-order valence-corrected chi connectivity index (χ2v) is 6.69. The first-order valence-corrected chi connectivity index (χ1v) is 8.24. The van der Waals surface area contributed by atoms with Gasteiger partial charge in [-0.05, 0) is 25.2 Å². The van der Waals surface area contributed by atoms with Crippen molar-refractivity contribution >= 4 is 11.9 Å². The Morgan fingerprint density at radius 3 is 2.10 bits per heavy atom. The summed E-state index contributed by atoms with van der Waals surface area (Å²) >= 11 is 0. The van der Waals surface area contributed by atoms with Gasteiger partial charge in [0, 0.05) is 6.04 Å². The van der Waals surface area contributed by atoms with E-state index in [0.29, 0.717) is 6.61 Å². The maximum Gasteiger partial charge on any atom is 0.319 e. The highest BCUT2D eigenvalue weighted by atomic mass is 16.5. The minimum absolute atomic E-state index is 0.154. The maximum atomic E-state index is 12.5. The van der Waals surface area contributed by atoms with Gasteiger partial charge in [-0.2, -0.15) is 0 Å². The van der Waals surface area contributed by atoms with Gasteiger partial charge in [-0.1, -0.05) is 53.9 Å². The average molecular weight is 299 g/mol. The smallest absolute Gasteiger partial charge is 0.319 e. The Morgan fingerprint density at radius 2 is 1.67 bits per heavy atom. The lowest BCUT2D eigenvalue weighted by Crippen LogP contribution is -2.47. The molecule has 0 heterocycles. The number of carbonyl (C=O) groups is 2. The molecule has 0 spiro atoms. The summed E-state index contributed by atoms with van der Waals surface area (Å²) < 4.78 is 5.07. The SMILES string of the molecule is CCCCC(CCC)NC(=O)C(C(=O)OCC)C(C)(C)C. The van der Waals surface area contributed by atoms with Crippen LogP contribution in [0.2, 0.25) is 0 Å². The van der Waals surface area contributed by atoms with Crippen molar-refractivity contribution in [2.24, 2.45) is 11.3 Å². The van der Waals surface area contributed by atoms with Gasteiger partial charge in [0.2, 0.25) is 5.91 Å². The van der Waals surface area contributed by atoms with Gasteiger partial charge in [-0.25, -0.2) is 0 Å². The molecule has 0 saturated heterocycles. The van der Waals surface area contributed by atoms with Gasteiger partial charge in [0.1, 0.15) is 5.92 Å². The molecule has 0 bridgehead atoms. The van der Waals surface area contributed by atoms with Crippen LogP contribution in [0.4, 0.5) is 0 Å². The van der Waals surface area contributed by atoms with E-state index in [4.69, 9.17) is 4.74 Å². The number of esters is 1. The maximum absolute atomic E-state index is 12.5. The molecule has 0 aliphatic carbocycles. The molecule has 0 aromatic rings. The van der Waals surface area contributed by atoms with Crippen molar-refractivity contribution in [1.82, 2.24) is 5.32 Å². The second kappa shape index (κ2) is 9.80. The van der Waals surface area contributed by atoms with Crippen LogP contribution in [0, 0.1) is 11.3 Å². The van der Waals surface area contributed by atoms with Gasteiger partial charge in [0.25, 0.3) is 0 Å². The van der Waals surface area contributed by atoms with Crippen LogP contribution in [-0.4, -0.2) is 24.5 Å². The van der Waals surface area contributed by atoms with Crippen LogP contribution < -0.4 is 5.32 Å². The quantitative estimate of drug-likeness (QED) is 0.522. The van der Waals surface area contributed by atoms with Crippen LogP contribution in [0.15, 0.2) is 0 Å². The predicted octanol–water partition coefficient (Wildman–Crippen LogP) is 3.69. The van der Waals surface area contributed by atoms with Crippen molar-refractivity contribution in [3.05, 3.63) is 0 Å². The number of carbonyl (C=O) groups excluding carboxylic acids is 2. The fourth-order valence-corrected chi connectivity index (χ4v) is 2.45. The van der Waals surface area contributed by atoms with Crippen LogP contribution in [0.1, 0.15) is 73.6 Å². The minimum Gasteiger partial charge on any atom is -0.465 e. The molecule has 2 unspecified atom stereocenters. The standard InChI is InChI=1S/C17H33NO3/c1-7-10-12-13(11-8-2)18-15(19)14(17(4,5)6)16(20)21-9-3/h13-14H,7-12H2,1-6H3,(H,18,19). The fraction of sp³-hybridized carbons (Fsp3) is 0.882. The first-order chi connectivity index (χ1) is 9.77. The number of nitrogens with one attached hydrogen (secondary N) is 1. The summed E-state index contributed by atoms with van der Waals surface area (Å²) in [4.78, 5) is 24.6. The van der Waals surface area contributed by atoms with Gasteiger partial charge in [-0.3, -0.25) is 9.59 Å². The van der Waals surface area contributed by atoms with E-state index in [0.717, 1.165) is 32.1 Å². The number of unbranched alkanes of at least 4 members (excludes halogenated alkanes) is 1. The third-order valence-corrected chi connectivity index (χ3v) is 3.54. The Balaban J connectivity index is 4.89. The van der Waals surface area contributed by atoms with Gasteiger partial charge in [0.05, 0.1) is 6.61 Å². The Kier molecular flexibility index (Phi) is 9.31. The van der Waals surface area contributed by atoms with Crippen molar-refractivity contribution in [2.45, 2.75) is 79.7 Å². The third kappa shape index (κ3) is 7.49. The number of hydrogen-bond donors (Lipinski definition) is 1. The minimum atomic E-state index is -0.751. The Hall–Kier alpha value is -1.06. The fourth-order valence-electron chi connectivity index (χ4n) is 2.45. The summed E-state index contributed by atoms with van der Waals surface area (Å²) in [5.74, 6) is -1.37. The zero-order valence-electron chi connectivity index (χ0n) is 14.6. The Morgan fingerprint density at radius 1 is 1.05 bits per heavy atom. The Bertz CT molecular complexity index is 320. The lowest BCUT2D eigenvalue weighted by atomic mass is 9.80. The number of ether oxygens (including phenoxy) is 1.